The lowest BCUT2D eigenvalue weighted by atomic mass is 10.1. The van der Waals surface area contributed by atoms with Crippen molar-refractivity contribution in [1.29, 1.82) is 0 Å². The Labute approximate surface area is 96.0 Å². The van der Waals surface area contributed by atoms with Crippen LogP contribution < -0.4 is 16.8 Å². The molecule has 0 aliphatic carbocycles. The van der Waals surface area contributed by atoms with E-state index in [4.69, 9.17) is 11.5 Å². The van der Waals surface area contributed by atoms with Crippen LogP contribution in [0.25, 0.3) is 0 Å². The molecule has 0 aliphatic rings. The molecule has 1 amide bonds. The van der Waals surface area contributed by atoms with Gasteiger partial charge in [0, 0.05) is 17.4 Å². The average Bonchev–Trinajstić information content (AvgIpc) is 2.25. The molecule has 4 nitrogen and oxygen atoms in total. The lowest BCUT2D eigenvalue weighted by molar-refractivity contribution is 0.0936. The van der Waals surface area contributed by atoms with Gasteiger partial charge in [0.05, 0.1) is 5.56 Å². The summed E-state index contributed by atoms with van der Waals surface area (Å²) in [5.41, 5.74) is 12.8. The minimum Gasteiger partial charge on any atom is -0.399 e. The van der Waals surface area contributed by atoms with Gasteiger partial charge in [-0.1, -0.05) is 13.8 Å². The highest BCUT2D eigenvalue weighted by Crippen LogP contribution is 2.15. The monoisotopic (exact) mass is 221 g/mol. The number of anilines is 2. The van der Waals surface area contributed by atoms with Gasteiger partial charge in [0.15, 0.2) is 0 Å². The predicted molar refractivity (Wildman–Crippen MR) is 67.1 cm³/mol. The highest BCUT2D eigenvalue weighted by molar-refractivity contribution is 5.99. The number of nitrogens with two attached hydrogens (primary N) is 2. The first kappa shape index (κ1) is 12.4. The summed E-state index contributed by atoms with van der Waals surface area (Å²) in [5.74, 6) is -0.133. The fourth-order valence-corrected chi connectivity index (χ4v) is 1.54. The Kier molecular flexibility index (Phi) is 4.17. The van der Waals surface area contributed by atoms with Gasteiger partial charge in [0.1, 0.15) is 0 Å². The van der Waals surface area contributed by atoms with Crippen molar-refractivity contribution in [3.63, 3.8) is 0 Å². The Morgan fingerprint density at radius 1 is 1.31 bits per heavy atom. The number of carbonyl (C=O) groups excluding carboxylic acids is 1. The Balaban J connectivity index is 2.80. The third kappa shape index (κ3) is 2.89. The third-order valence-electron chi connectivity index (χ3n) is 2.64. The van der Waals surface area contributed by atoms with Gasteiger partial charge in [-0.3, -0.25) is 4.79 Å². The average molecular weight is 221 g/mol. The molecule has 1 aromatic carbocycles. The summed E-state index contributed by atoms with van der Waals surface area (Å²) in [6, 6.07) is 5.13. The highest BCUT2D eigenvalue weighted by Gasteiger charge is 2.12. The molecular weight excluding hydrogens is 202 g/mol. The van der Waals surface area contributed by atoms with Gasteiger partial charge < -0.3 is 16.8 Å². The molecule has 0 bridgehead atoms. The number of nitrogens with one attached hydrogen (secondary N) is 1. The van der Waals surface area contributed by atoms with E-state index in [0.717, 1.165) is 12.8 Å². The molecule has 16 heavy (non-hydrogen) atoms. The molecule has 0 aliphatic heterocycles. The van der Waals surface area contributed by atoms with Crippen molar-refractivity contribution in [2.24, 2.45) is 0 Å². The quantitative estimate of drug-likeness (QED) is 0.678. The number of benzene rings is 1. The lowest BCUT2D eigenvalue weighted by Gasteiger charge is -2.15. The van der Waals surface area contributed by atoms with Crippen molar-refractivity contribution in [2.75, 3.05) is 11.5 Å². The predicted octanol–water partition coefficient (Wildman–Crippen LogP) is 1.77. The van der Waals surface area contributed by atoms with Crippen LogP contribution in [0, 0.1) is 0 Å². The van der Waals surface area contributed by atoms with E-state index in [2.05, 4.69) is 5.32 Å². The van der Waals surface area contributed by atoms with E-state index in [1.54, 1.807) is 18.2 Å². The molecule has 0 heterocycles. The highest BCUT2D eigenvalue weighted by atomic mass is 16.1. The van der Waals surface area contributed by atoms with Crippen LogP contribution in [0.1, 0.15) is 37.0 Å². The number of rotatable bonds is 4. The molecule has 88 valence electrons. The second kappa shape index (κ2) is 5.39. The van der Waals surface area contributed by atoms with Crippen LogP contribution in [0.3, 0.4) is 0 Å². The zero-order valence-corrected chi connectivity index (χ0v) is 9.79. The minimum absolute atomic E-state index is 0.133. The van der Waals surface area contributed by atoms with Crippen LogP contribution in [0.15, 0.2) is 18.2 Å². The summed E-state index contributed by atoms with van der Waals surface area (Å²) >= 11 is 0. The van der Waals surface area contributed by atoms with Crippen LogP contribution in [0.5, 0.6) is 0 Å². The van der Waals surface area contributed by atoms with Gasteiger partial charge in [0.25, 0.3) is 5.91 Å². The van der Waals surface area contributed by atoms with Crippen molar-refractivity contribution in [3.05, 3.63) is 23.8 Å². The summed E-state index contributed by atoms with van der Waals surface area (Å²) in [6.45, 7) is 4.08. The second-order valence-corrected chi connectivity index (χ2v) is 3.83. The molecule has 0 aromatic heterocycles. The van der Waals surface area contributed by atoms with Crippen LogP contribution in [0.2, 0.25) is 0 Å². The summed E-state index contributed by atoms with van der Waals surface area (Å²) < 4.78 is 0. The van der Waals surface area contributed by atoms with Crippen molar-refractivity contribution in [1.82, 2.24) is 5.32 Å². The molecule has 0 unspecified atom stereocenters. The molecule has 0 saturated heterocycles. The largest absolute Gasteiger partial charge is 0.399 e. The van der Waals surface area contributed by atoms with Gasteiger partial charge >= 0.3 is 0 Å². The standard InChI is InChI=1S/C12H19N3O/c1-3-9(4-2)15-12(16)10-6-5-8(13)7-11(10)14/h5-7,9H,3-4,13-14H2,1-2H3,(H,15,16). The molecular formula is C12H19N3O. The Hall–Kier alpha value is -1.71. The van der Waals surface area contributed by atoms with E-state index in [1.165, 1.54) is 0 Å². The summed E-state index contributed by atoms with van der Waals surface area (Å²) in [5, 5.41) is 2.93. The van der Waals surface area contributed by atoms with Gasteiger partial charge in [-0.15, -0.1) is 0 Å². The smallest absolute Gasteiger partial charge is 0.253 e. The molecule has 1 rings (SSSR count). The van der Waals surface area contributed by atoms with Gasteiger partial charge in [-0.05, 0) is 31.0 Å². The maximum absolute atomic E-state index is 11.9. The number of hydrogen-bond acceptors (Lipinski definition) is 3. The fraction of sp³-hybridized carbons (Fsp3) is 0.417. The van der Waals surface area contributed by atoms with Crippen LogP contribution in [0.4, 0.5) is 11.4 Å². The van der Waals surface area contributed by atoms with E-state index in [0.29, 0.717) is 16.9 Å². The van der Waals surface area contributed by atoms with Crippen molar-refractivity contribution >= 4 is 17.3 Å². The summed E-state index contributed by atoms with van der Waals surface area (Å²) in [4.78, 5) is 11.9. The van der Waals surface area contributed by atoms with E-state index < -0.39 is 0 Å². The molecule has 0 saturated carbocycles. The van der Waals surface area contributed by atoms with Crippen molar-refractivity contribution < 1.29 is 4.79 Å². The minimum atomic E-state index is -0.133. The van der Waals surface area contributed by atoms with E-state index >= 15 is 0 Å². The van der Waals surface area contributed by atoms with Gasteiger partial charge in [0.2, 0.25) is 0 Å². The maximum atomic E-state index is 11.9. The molecule has 1 aromatic rings. The summed E-state index contributed by atoms with van der Waals surface area (Å²) in [6.07, 6.45) is 1.83. The molecule has 0 atom stereocenters. The first-order valence-corrected chi connectivity index (χ1v) is 5.54. The molecule has 0 fully saturated rings. The number of amides is 1. The zero-order valence-electron chi connectivity index (χ0n) is 9.79. The Bertz CT molecular complexity index is 373. The fourth-order valence-electron chi connectivity index (χ4n) is 1.54. The van der Waals surface area contributed by atoms with Crippen molar-refractivity contribution in [2.45, 2.75) is 32.7 Å². The topological polar surface area (TPSA) is 81.1 Å². The number of carbonyl (C=O) groups is 1. The van der Waals surface area contributed by atoms with Gasteiger partial charge in [-0.2, -0.15) is 0 Å². The van der Waals surface area contributed by atoms with E-state index in [-0.39, 0.29) is 11.9 Å². The summed E-state index contributed by atoms with van der Waals surface area (Å²) in [7, 11) is 0. The third-order valence-corrected chi connectivity index (χ3v) is 2.64. The molecule has 0 radical (unpaired) electrons. The number of nitrogen functional groups attached to an aromatic ring is 2. The zero-order chi connectivity index (χ0) is 12.1. The molecule has 5 N–H and O–H groups in total. The Morgan fingerprint density at radius 3 is 2.44 bits per heavy atom. The van der Waals surface area contributed by atoms with Crippen LogP contribution in [-0.4, -0.2) is 11.9 Å². The first-order valence-electron chi connectivity index (χ1n) is 5.54. The van der Waals surface area contributed by atoms with E-state index in [1.807, 2.05) is 13.8 Å². The second-order valence-electron chi connectivity index (χ2n) is 3.83. The normalized spacial score (nSPS) is 10.4. The molecule has 4 heteroatoms. The van der Waals surface area contributed by atoms with Crippen LogP contribution >= 0.6 is 0 Å². The number of hydrogen-bond donors (Lipinski definition) is 3. The lowest BCUT2D eigenvalue weighted by Crippen LogP contribution is -2.34. The van der Waals surface area contributed by atoms with E-state index in [9.17, 15) is 4.79 Å². The van der Waals surface area contributed by atoms with Crippen molar-refractivity contribution in [3.8, 4) is 0 Å². The molecule has 0 spiro atoms. The Morgan fingerprint density at radius 2 is 1.94 bits per heavy atom. The maximum Gasteiger partial charge on any atom is 0.253 e. The van der Waals surface area contributed by atoms with Crippen LogP contribution in [-0.2, 0) is 0 Å². The van der Waals surface area contributed by atoms with Gasteiger partial charge in [-0.25, -0.2) is 0 Å². The first-order chi connectivity index (χ1) is 7.58. The SMILES string of the molecule is CCC(CC)NC(=O)c1ccc(N)cc1N.